The smallest absolute Gasteiger partial charge is 0.417 e. The predicted molar refractivity (Wildman–Crippen MR) is 191 cm³/mol. The number of nitrogens with zero attached hydrogens (tertiary/aromatic N) is 4. The topological polar surface area (TPSA) is 163 Å². The number of hydrogen-bond donors (Lipinski definition) is 2. The van der Waals surface area contributed by atoms with Crippen LogP contribution < -0.4 is 10.3 Å². The number of pyridine rings is 1. The van der Waals surface area contributed by atoms with Crippen molar-refractivity contribution >= 4 is 64.0 Å². The Morgan fingerprint density at radius 2 is 1.62 bits per heavy atom. The number of carbonyl (C=O) groups excluding carboxylic acids is 4. The van der Waals surface area contributed by atoms with Crippen molar-refractivity contribution in [3.8, 4) is 5.75 Å². The van der Waals surface area contributed by atoms with Gasteiger partial charge in [-0.2, -0.15) is 18.2 Å². The minimum absolute atomic E-state index is 0.00182. The normalized spacial score (nSPS) is 25.8. The second-order valence-corrected chi connectivity index (χ2v) is 14.8. The molecular formula is C38H25Cl2F4N5O7. The number of alkyl halides is 3. The molecule has 2 saturated heterocycles. The van der Waals surface area contributed by atoms with Gasteiger partial charge in [-0.15, -0.1) is 0 Å². The molecule has 3 heterocycles. The van der Waals surface area contributed by atoms with Crippen molar-refractivity contribution in [2.24, 2.45) is 23.7 Å². The second-order valence-electron chi connectivity index (χ2n) is 13.9. The summed E-state index contributed by atoms with van der Waals surface area (Å²) in [5.74, 6) is -10.7. The van der Waals surface area contributed by atoms with Crippen LogP contribution in [0.2, 0.25) is 10.0 Å². The van der Waals surface area contributed by atoms with E-state index in [2.05, 4.69) is 10.4 Å². The number of hydrazine groups is 1. The van der Waals surface area contributed by atoms with Gasteiger partial charge in [-0.1, -0.05) is 53.1 Å². The fraction of sp³-hybridized carbons (Fsp3) is 0.237. The Hall–Kier alpha value is -5.87. The van der Waals surface area contributed by atoms with E-state index in [4.69, 9.17) is 23.2 Å². The molecule has 1 aromatic heterocycles. The lowest BCUT2D eigenvalue weighted by atomic mass is 9.49. The molecule has 2 aliphatic heterocycles. The summed E-state index contributed by atoms with van der Waals surface area (Å²) >= 11 is 12.5. The second kappa shape index (κ2) is 13.1. The molecule has 1 saturated carbocycles. The first-order valence-corrected chi connectivity index (χ1v) is 17.7. The number of nitro benzene ring substituents is 1. The van der Waals surface area contributed by atoms with Crippen LogP contribution in [0.5, 0.6) is 5.75 Å². The Morgan fingerprint density at radius 3 is 2.25 bits per heavy atom. The molecule has 286 valence electrons. The maximum atomic E-state index is 15.3. The van der Waals surface area contributed by atoms with E-state index in [1.54, 1.807) is 6.08 Å². The highest BCUT2D eigenvalue weighted by molar-refractivity contribution is 6.33. The maximum Gasteiger partial charge on any atom is 0.417 e. The summed E-state index contributed by atoms with van der Waals surface area (Å²) in [6.45, 7) is 0. The summed E-state index contributed by atoms with van der Waals surface area (Å²) in [5, 5.41) is 21.8. The van der Waals surface area contributed by atoms with Crippen molar-refractivity contribution < 1.29 is 46.8 Å². The van der Waals surface area contributed by atoms with E-state index in [9.17, 15) is 42.8 Å². The number of carbonyl (C=O) groups is 4. The van der Waals surface area contributed by atoms with Crippen molar-refractivity contribution in [2.45, 2.75) is 30.4 Å². The predicted octanol–water partition coefficient (Wildman–Crippen LogP) is 7.35. The number of halogens is 6. The number of hydrogen-bond acceptors (Lipinski definition) is 9. The lowest BCUT2D eigenvalue weighted by Gasteiger charge is -2.50. The highest BCUT2D eigenvalue weighted by Gasteiger charge is 2.70. The van der Waals surface area contributed by atoms with Gasteiger partial charge in [-0.25, -0.2) is 9.37 Å². The summed E-state index contributed by atoms with van der Waals surface area (Å²) in [7, 11) is 0. The van der Waals surface area contributed by atoms with Gasteiger partial charge >= 0.3 is 6.18 Å². The number of rotatable bonds is 6. The number of non-ortho nitro benzene ring substituents is 1. The van der Waals surface area contributed by atoms with E-state index in [0.717, 1.165) is 29.2 Å². The van der Waals surface area contributed by atoms with E-state index in [1.807, 2.05) is 0 Å². The van der Waals surface area contributed by atoms with Crippen LogP contribution in [0.4, 0.5) is 34.8 Å². The number of phenolic OH excluding ortho intramolecular Hbond substituents is 1. The zero-order valence-corrected chi connectivity index (χ0v) is 29.8. The van der Waals surface area contributed by atoms with Crippen LogP contribution in [0.1, 0.15) is 35.4 Å². The van der Waals surface area contributed by atoms with E-state index in [-0.39, 0.29) is 40.4 Å². The molecule has 0 radical (unpaired) electrons. The average molecular weight is 811 g/mol. The first-order valence-electron chi connectivity index (χ1n) is 17.0. The third-order valence-corrected chi connectivity index (χ3v) is 11.7. The van der Waals surface area contributed by atoms with Gasteiger partial charge in [0.05, 0.1) is 44.4 Å². The molecule has 0 bridgehead atoms. The molecule has 0 spiro atoms. The number of anilines is 2. The van der Waals surface area contributed by atoms with Gasteiger partial charge in [0.2, 0.25) is 11.8 Å². The van der Waals surface area contributed by atoms with Crippen LogP contribution in [0.25, 0.3) is 0 Å². The van der Waals surface area contributed by atoms with Crippen LogP contribution in [0.15, 0.2) is 90.6 Å². The number of allylic oxidation sites excluding steroid dienone is 2. The first-order chi connectivity index (χ1) is 26.5. The number of aromatic hydroxyl groups is 1. The van der Waals surface area contributed by atoms with E-state index >= 15 is 9.18 Å². The molecule has 2 aliphatic carbocycles. The highest BCUT2D eigenvalue weighted by Crippen LogP contribution is 2.64. The third-order valence-electron chi connectivity index (χ3n) is 11.2. The molecule has 56 heavy (non-hydrogen) atoms. The number of nitro groups is 1. The SMILES string of the molecule is O=C1[C@@H]2C[C@@H]3C(=CC[C@@H]4C(=O)N(c5ccc([N+](=O)[O-])cc5)C(=O)[C@@H]43)[C@H](c3ccc(O)c(F)c3)[C@]2(c2ccc(Cl)cc2)C(=O)N1Nc1ncc(C(F)(F)F)cc1Cl. The molecule has 6 atom stereocenters. The van der Waals surface area contributed by atoms with Gasteiger partial charge in [0, 0.05) is 29.3 Å². The molecule has 8 rings (SSSR count). The summed E-state index contributed by atoms with van der Waals surface area (Å²) < 4.78 is 55.6. The van der Waals surface area contributed by atoms with E-state index < -0.39 is 97.7 Å². The van der Waals surface area contributed by atoms with Crippen LogP contribution in [0.3, 0.4) is 0 Å². The maximum absolute atomic E-state index is 15.3. The van der Waals surface area contributed by atoms with Gasteiger partial charge in [0.15, 0.2) is 17.4 Å². The monoisotopic (exact) mass is 809 g/mol. The number of phenols is 1. The quantitative estimate of drug-likeness (QED) is 0.0667. The van der Waals surface area contributed by atoms with E-state index in [0.29, 0.717) is 22.8 Å². The minimum atomic E-state index is -4.80. The largest absolute Gasteiger partial charge is 0.505 e. The third kappa shape index (κ3) is 5.52. The van der Waals surface area contributed by atoms with Gasteiger partial charge < -0.3 is 5.11 Å². The van der Waals surface area contributed by atoms with Gasteiger partial charge in [0.1, 0.15) is 0 Å². The van der Waals surface area contributed by atoms with Crippen molar-refractivity contribution in [2.75, 3.05) is 10.3 Å². The first kappa shape index (κ1) is 37.1. The summed E-state index contributed by atoms with van der Waals surface area (Å²) in [5.41, 5.74) is 0.0529. The van der Waals surface area contributed by atoms with Gasteiger partial charge in [0.25, 0.3) is 17.5 Å². The fourth-order valence-corrected chi connectivity index (χ4v) is 9.17. The Balaban J connectivity index is 1.29. The van der Waals surface area contributed by atoms with Crippen molar-refractivity contribution in [1.29, 1.82) is 0 Å². The van der Waals surface area contributed by atoms with E-state index in [1.165, 1.54) is 42.5 Å². The Morgan fingerprint density at radius 1 is 0.929 bits per heavy atom. The lowest BCUT2D eigenvalue weighted by molar-refractivity contribution is -0.384. The molecule has 3 fully saturated rings. The molecule has 4 aromatic rings. The fourth-order valence-electron chi connectivity index (χ4n) is 8.84. The van der Waals surface area contributed by atoms with Crippen LogP contribution in [0, 0.1) is 39.6 Å². The zero-order chi connectivity index (χ0) is 40.0. The number of imide groups is 2. The Bertz CT molecular complexity index is 2410. The number of benzene rings is 3. The molecule has 12 nitrogen and oxygen atoms in total. The highest BCUT2D eigenvalue weighted by atomic mass is 35.5. The van der Waals surface area contributed by atoms with Crippen molar-refractivity contribution in [3.05, 3.63) is 133 Å². The number of aromatic nitrogens is 1. The van der Waals surface area contributed by atoms with Gasteiger partial charge in [-0.05, 0) is 72.4 Å². The van der Waals surface area contributed by atoms with Crippen molar-refractivity contribution in [1.82, 2.24) is 9.99 Å². The van der Waals surface area contributed by atoms with Crippen molar-refractivity contribution in [3.63, 3.8) is 0 Å². The molecule has 3 aromatic carbocycles. The van der Waals surface area contributed by atoms with Crippen LogP contribution in [-0.2, 0) is 30.8 Å². The number of amides is 4. The molecule has 0 unspecified atom stereocenters. The Kier molecular flexibility index (Phi) is 8.69. The standard InChI is InChI=1S/C38H25Cl2F4N5O7/c39-20-4-2-18(3-5-20)37-26(34(52)48(36(37)54)46-32-27(40)14-19(16-45-32)38(42,43)44)15-25-23(31(37)17-1-12-29(50)28(41)13-17)10-11-24-30(25)35(53)47(33(24)51)21-6-8-22(9-7-21)49(55)56/h1-10,12-14,16,24-26,30-31,50H,11,15H2,(H,45,46)/t24-,25+,26-,30-,31-,37+/m0/s1. The minimum Gasteiger partial charge on any atom is -0.505 e. The molecular weight excluding hydrogens is 785 g/mol. The zero-order valence-electron chi connectivity index (χ0n) is 28.3. The summed E-state index contributed by atoms with van der Waals surface area (Å²) in [6.07, 6.45) is -2.83. The molecule has 18 heteroatoms. The Labute approximate surface area is 323 Å². The average Bonchev–Trinajstić information content (AvgIpc) is 3.54. The molecule has 4 amide bonds. The summed E-state index contributed by atoms with van der Waals surface area (Å²) in [4.78, 5) is 73.6. The molecule has 2 N–H and O–H groups in total. The number of nitrogens with one attached hydrogen (secondary N) is 1. The van der Waals surface area contributed by atoms with Gasteiger partial charge in [-0.3, -0.25) is 39.6 Å². The van der Waals surface area contributed by atoms with Crippen LogP contribution in [-0.4, -0.2) is 43.7 Å². The lowest BCUT2D eigenvalue weighted by Crippen LogP contribution is -2.53. The van der Waals surface area contributed by atoms with Crippen LogP contribution >= 0.6 is 23.2 Å². The summed E-state index contributed by atoms with van der Waals surface area (Å²) in [6, 6.07) is 14.9. The number of fused-ring (bicyclic) bond motifs is 4. The molecule has 4 aliphatic rings.